The van der Waals surface area contributed by atoms with Gasteiger partial charge >= 0.3 is 5.97 Å². The highest BCUT2D eigenvalue weighted by atomic mass is 16.5. The van der Waals surface area contributed by atoms with Gasteiger partial charge in [0.1, 0.15) is 0 Å². The van der Waals surface area contributed by atoms with Crippen molar-refractivity contribution in [2.45, 2.75) is 19.9 Å². The predicted molar refractivity (Wildman–Crippen MR) is 75.5 cm³/mol. The smallest absolute Gasteiger partial charge is 0.334 e. The molecule has 0 bridgehead atoms. The molecule has 0 saturated heterocycles. The molecule has 20 heavy (non-hydrogen) atoms. The number of hydrogen-bond acceptors (Lipinski definition) is 5. The molecule has 1 aromatic rings. The zero-order valence-corrected chi connectivity index (χ0v) is 11.7. The van der Waals surface area contributed by atoms with Gasteiger partial charge in [-0.05, 0) is 18.6 Å². The molecule has 1 aromatic heterocycles. The van der Waals surface area contributed by atoms with Gasteiger partial charge < -0.3 is 4.74 Å². The molecular formula is C15H19N3O2. The van der Waals surface area contributed by atoms with Crippen LogP contribution in [-0.4, -0.2) is 35.5 Å². The monoisotopic (exact) mass is 273 g/mol. The molecular weight excluding hydrogens is 254 g/mol. The van der Waals surface area contributed by atoms with Crippen molar-refractivity contribution in [3.05, 3.63) is 42.2 Å². The van der Waals surface area contributed by atoms with Crippen LogP contribution in [-0.2, 0) is 16.1 Å². The highest BCUT2D eigenvalue weighted by molar-refractivity contribution is 5.88. The lowest BCUT2D eigenvalue weighted by Crippen LogP contribution is -2.29. The number of pyridine rings is 1. The first kappa shape index (κ1) is 15.9. The van der Waals surface area contributed by atoms with Crippen molar-refractivity contribution in [3.8, 4) is 6.07 Å². The van der Waals surface area contributed by atoms with Gasteiger partial charge in [-0.2, -0.15) is 5.26 Å². The molecule has 0 amide bonds. The summed E-state index contributed by atoms with van der Waals surface area (Å²) in [6, 6.07) is 5.93. The summed E-state index contributed by atoms with van der Waals surface area (Å²) in [5.74, 6) is -0.388. The highest BCUT2D eigenvalue weighted by Gasteiger charge is 2.13. The minimum Gasteiger partial charge on any atom is -0.463 e. The Labute approximate surface area is 119 Å². The number of carbonyl (C=O) groups excluding carboxylic acids is 1. The Kier molecular flexibility index (Phi) is 7.01. The molecule has 0 fully saturated rings. The topological polar surface area (TPSA) is 66.2 Å². The van der Waals surface area contributed by atoms with E-state index in [1.165, 1.54) is 0 Å². The minimum absolute atomic E-state index is 0.332. The summed E-state index contributed by atoms with van der Waals surface area (Å²) in [5.41, 5.74) is 1.43. The summed E-state index contributed by atoms with van der Waals surface area (Å²) in [7, 11) is 0. The van der Waals surface area contributed by atoms with Crippen molar-refractivity contribution in [1.29, 1.82) is 5.26 Å². The lowest BCUT2D eigenvalue weighted by molar-refractivity contribution is -0.138. The zero-order chi connectivity index (χ0) is 14.8. The SMILES string of the molecule is C=C(CN(CCC#N)Cc1cccnc1)C(=O)OCC. The van der Waals surface area contributed by atoms with Gasteiger partial charge in [0, 0.05) is 44.0 Å². The van der Waals surface area contributed by atoms with Gasteiger partial charge in [0.05, 0.1) is 12.7 Å². The van der Waals surface area contributed by atoms with Crippen LogP contribution in [0.25, 0.3) is 0 Å². The van der Waals surface area contributed by atoms with E-state index < -0.39 is 0 Å². The van der Waals surface area contributed by atoms with E-state index in [9.17, 15) is 4.79 Å². The van der Waals surface area contributed by atoms with Crippen LogP contribution in [0.3, 0.4) is 0 Å². The minimum atomic E-state index is -0.388. The highest BCUT2D eigenvalue weighted by Crippen LogP contribution is 2.07. The van der Waals surface area contributed by atoms with Crippen LogP contribution < -0.4 is 0 Å². The zero-order valence-electron chi connectivity index (χ0n) is 11.7. The first-order chi connectivity index (χ1) is 9.67. The fourth-order valence-corrected chi connectivity index (χ4v) is 1.74. The Bertz CT molecular complexity index is 480. The van der Waals surface area contributed by atoms with E-state index in [0.717, 1.165) is 5.56 Å². The van der Waals surface area contributed by atoms with Crippen molar-refractivity contribution in [3.63, 3.8) is 0 Å². The van der Waals surface area contributed by atoms with E-state index in [1.807, 2.05) is 17.0 Å². The second kappa shape index (κ2) is 8.83. The van der Waals surface area contributed by atoms with Crippen LogP contribution >= 0.6 is 0 Å². The molecule has 0 radical (unpaired) electrons. The van der Waals surface area contributed by atoms with Gasteiger partial charge in [-0.3, -0.25) is 9.88 Å². The molecule has 0 aromatic carbocycles. The summed E-state index contributed by atoms with van der Waals surface area (Å²) in [6.07, 6.45) is 3.88. The van der Waals surface area contributed by atoms with Gasteiger partial charge in [-0.25, -0.2) is 4.79 Å². The molecule has 0 aliphatic carbocycles. The first-order valence-corrected chi connectivity index (χ1v) is 6.50. The molecule has 1 rings (SSSR count). The third-order valence-corrected chi connectivity index (χ3v) is 2.65. The first-order valence-electron chi connectivity index (χ1n) is 6.50. The van der Waals surface area contributed by atoms with Crippen LogP contribution in [0.15, 0.2) is 36.7 Å². The Morgan fingerprint density at radius 3 is 3.00 bits per heavy atom. The molecule has 0 saturated carbocycles. The summed E-state index contributed by atoms with van der Waals surface area (Å²) < 4.78 is 4.92. The quantitative estimate of drug-likeness (QED) is 0.534. The number of ether oxygens (including phenoxy) is 1. The molecule has 0 spiro atoms. The van der Waals surface area contributed by atoms with E-state index in [4.69, 9.17) is 10.00 Å². The second-order valence-corrected chi connectivity index (χ2v) is 4.30. The summed E-state index contributed by atoms with van der Waals surface area (Å²) in [4.78, 5) is 17.6. The third kappa shape index (κ3) is 5.63. The van der Waals surface area contributed by atoms with Crippen molar-refractivity contribution in [1.82, 2.24) is 9.88 Å². The normalized spacial score (nSPS) is 10.1. The lowest BCUT2D eigenvalue weighted by Gasteiger charge is -2.21. The van der Waals surface area contributed by atoms with Crippen LogP contribution in [0, 0.1) is 11.3 Å². The Morgan fingerprint density at radius 1 is 1.60 bits per heavy atom. The van der Waals surface area contributed by atoms with Crippen molar-refractivity contribution in [2.75, 3.05) is 19.7 Å². The van der Waals surface area contributed by atoms with Crippen LogP contribution in [0.2, 0.25) is 0 Å². The summed E-state index contributed by atoms with van der Waals surface area (Å²) >= 11 is 0. The molecule has 0 aliphatic heterocycles. The number of hydrogen-bond donors (Lipinski definition) is 0. The maximum atomic E-state index is 11.6. The Balaban J connectivity index is 2.62. The van der Waals surface area contributed by atoms with E-state index in [1.54, 1.807) is 19.3 Å². The number of aromatic nitrogens is 1. The van der Waals surface area contributed by atoms with Gasteiger partial charge in [-0.15, -0.1) is 0 Å². The second-order valence-electron chi connectivity index (χ2n) is 4.30. The third-order valence-electron chi connectivity index (χ3n) is 2.65. The number of rotatable bonds is 8. The molecule has 5 nitrogen and oxygen atoms in total. The van der Waals surface area contributed by atoms with Crippen molar-refractivity contribution >= 4 is 5.97 Å². The van der Waals surface area contributed by atoms with E-state index in [2.05, 4.69) is 17.6 Å². The molecule has 0 N–H and O–H groups in total. The van der Waals surface area contributed by atoms with Gasteiger partial charge in [0.15, 0.2) is 0 Å². The predicted octanol–water partition coefficient (Wildman–Crippen LogP) is 1.92. The number of nitrogens with zero attached hydrogens (tertiary/aromatic N) is 3. The Morgan fingerprint density at radius 2 is 2.40 bits per heavy atom. The molecule has 0 aliphatic rings. The van der Waals surface area contributed by atoms with Crippen molar-refractivity contribution in [2.24, 2.45) is 0 Å². The number of nitriles is 1. The van der Waals surface area contributed by atoms with Gasteiger partial charge in [0.2, 0.25) is 0 Å². The maximum Gasteiger partial charge on any atom is 0.334 e. The molecule has 5 heteroatoms. The number of esters is 1. The van der Waals surface area contributed by atoms with Crippen LogP contribution in [0.1, 0.15) is 18.9 Å². The van der Waals surface area contributed by atoms with E-state index in [0.29, 0.717) is 38.2 Å². The van der Waals surface area contributed by atoms with Crippen LogP contribution in [0.5, 0.6) is 0 Å². The van der Waals surface area contributed by atoms with Crippen molar-refractivity contribution < 1.29 is 9.53 Å². The van der Waals surface area contributed by atoms with E-state index >= 15 is 0 Å². The summed E-state index contributed by atoms with van der Waals surface area (Å²) in [6.45, 7) is 7.41. The molecule has 1 heterocycles. The average Bonchev–Trinajstić information content (AvgIpc) is 2.46. The fourth-order valence-electron chi connectivity index (χ4n) is 1.74. The Hall–Kier alpha value is -2.19. The van der Waals surface area contributed by atoms with E-state index in [-0.39, 0.29) is 5.97 Å². The van der Waals surface area contributed by atoms with Crippen LogP contribution in [0.4, 0.5) is 0 Å². The standard InChI is InChI=1S/C15H19N3O2/c1-3-20-15(19)13(2)11-18(9-5-7-16)12-14-6-4-8-17-10-14/h4,6,8,10H,2-3,5,9,11-12H2,1H3. The molecule has 0 unspecified atom stereocenters. The lowest BCUT2D eigenvalue weighted by atomic mass is 10.2. The fraction of sp³-hybridized carbons (Fsp3) is 0.400. The number of carbonyl (C=O) groups is 1. The summed E-state index contributed by atoms with van der Waals surface area (Å²) in [5, 5.41) is 8.71. The van der Waals surface area contributed by atoms with Gasteiger partial charge in [-0.1, -0.05) is 12.6 Å². The maximum absolute atomic E-state index is 11.6. The molecule has 0 atom stereocenters. The average molecular weight is 273 g/mol. The van der Waals surface area contributed by atoms with Gasteiger partial charge in [0.25, 0.3) is 0 Å². The molecule has 106 valence electrons. The largest absolute Gasteiger partial charge is 0.463 e.